The van der Waals surface area contributed by atoms with Crippen LogP contribution in [0, 0.1) is 28.8 Å². The summed E-state index contributed by atoms with van der Waals surface area (Å²) in [5.74, 6) is -2.38. The number of fused-ring (bicyclic) bond motifs is 1. The Labute approximate surface area is 239 Å². The molecule has 0 aliphatic carbocycles. The van der Waals surface area contributed by atoms with Crippen LogP contribution in [0.1, 0.15) is 51.6 Å². The van der Waals surface area contributed by atoms with Gasteiger partial charge in [0.25, 0.3) is 0 Å². The fourth-order valence-corrected chi connectivity index (χ4v) is 5.56. The van der Waals surface area contributed by atoms with Gasteiger partial charge in [0.2, 0.25) is 0 Å². The number of carbonyl (C=O) groups is 1. The number of benzene rings is 3. The molecule has 2 atom stereocenters. The van der Waals surface area contributed by atoms with Crippen LogP contribution in [-0.4, -0.2) is 51.3 Å². The summed E-state index contributed by atoms with van der Waals surface area (Å²) in [5.41, 5.74) is 1.80. The van der Waals surface area contributed by atoms with Crippen molar-refractivity contribution in [1.82, 2.24) is 14.5 Å². The summed E-state index contributed by atoms with van der Waals surface area (Å²) in [7, 11) is 0. The van der Waals surface area contributed by atoms with Gasteiger partial charge in [0, 0.05) is 18.7 Å². The lowest BCUT2D eigenvalue weighted by atomic mass is 9.96. The Morgan fingerprint density at radius 2 is 1.93 bits per heavy atom. The molecule has 2 aliphatic rings. The number of likely N-dealkylation sites (tertiary alicyclic amines) is 1. The summed E-state index contributed by atoms with van der Waals surface area (Å²) < 4.78 is 56.7. The highest BCUT2D eigenvalue weighted by Gasteiger charge is 2.28. The van der Waals surface area contributed by atoms with Gasteiger partial charge in [-0.25, -0.2) is 22.9 Å². The first-order valence-corrected chi connectivity index (χ1v) is 13.7. The maximum absolute atomic E-state index is 14.9. The van der Waals surface area contributed by atoms with Gasteiger partial charge in [-0.15, -0.1) is 0 Å². The zero-order valence-corrected chi connectivity index (χ0v) is 22.5. The number of imidazole rings is 1. The number of nitrogens with zero attached hydrogens (tertiary/aromatic N) is 4. The molecule has 6 rings (SSSR count). The fourth-order valence-electron chi connectivity index (χ4n) is 5.56. The third-order valence-corrected chi connectivity index (χ3v) is 7.94. The molecule has 2 saturated heterocycles. The Bertz CT molecular complexity index is 1710. The summed E-state index contributed by atoms with van der Waals surface area (Å²) in [5, 5.41) is 18.4. The van der Waals surface area contributed by atoms with Gasteiger partial charge < -0.3 is 19.1 Å². The number of carboxylic acid groups (broad SMARTS) is 1. The molecule has 42 heavy (non-hydrogen) atoms. The highest BCUT2D eigenvalue weighted by molar-refractivity contribution is 5.92. The standard InChI is InChI=1S/C31H27F3N4O4/c32-24-3-2-19(10-22(24)17-42-28-4-1-18(13-35)9-25(28)33)20-5-7-37(14-20)16-29-36-30-26(34)11-21(31(39)40)12-27(30)38(29)15-23-6-8-41-23/h1-4,9-12,20,23H,5-8,14-17H2,(H,39,40). The van der Waals surface area contributed by atoms with E-state index >= 15 is 0 Å². The first-order valence-electron chi connectivity index (χ1n) is 13.7. The highest BCUT2D eigenvalue weighted by Crippen LogP contribution is 2.31. The van der Waals surface area contributed by atoms with E-state index in [0.29, 0.717) is 43.1 Å². The minimum absolute atomic E-state index is 0.0402. The Kier molecular flexibility index (Phi) is 7.58. The molecule has 0 saturated carbocycles. The number of aromatic carboxylic acids is 1. The van der Waals surface area contributed by atoms with Crippen LogP contribution in [0.15, 0.2) is 48.5 Å². The lowest BCUT2D eigenvalue weighted by Gasteiger charge is -2.28. The lowest BCUT2D eigenvalue weighted by Crippen LogP contribution is -2.32. The van der Waals surface area contributed by atoms with E-state index in [1.54, 1.807) is 12.1 Å². The van der Waals surface area contributed by atoms with E-state index in [9.17, 15) is 23.1 Å². The van der Waals surface area contributed by atoms with Crippen molar-refractivity contribution < 1.29 is 32.5 Å². The molecule has 4 aromatic rings. The number of nitriles is 1. The number of rotatable bonds is 9. The molecule has 216 valence electrons. The van der Waals surface area contributed by atoms with Crippen molar-refractivity contribution >= 4 is 17.0 Å². The Balaban J connectivity index is 1.18. The molecule has 8 nitrogen and oxygen atoms in total. The number of carboxylic acids is 1. The summed E-state index contributed by atoms with van der Waals surface area (Å²) in [4.78, 5) is 18.3. The molecule has 2 fully saturated rings. The number of aromatic nitrogens is 2. The van der Waals surface area contributed by atoms with Crippen molar-refractivity contribution in [1.29, 1.82) is 5.26 Å². The van der Waals surface area contributed by atoms with Crippen molar-refractivity contribution in [2.75, 3.05) is 19.7 Å². The predicted octanol–water partition coefficient (Wildman–Crippen LogP) is 5.38. The molecule has 2 aliphatic heterocycles. The summed E-state index contributed by atoms with van der Waals surface area (Å²) in [6.07, 6.45) is 1.63. The molecule has 0 spiro atoms. The smallest absolute Gasteiger partial charge is 0.335 e. The average Bonchev–Trinajstić information content (AvgIpc) is 3.55. The van der Waals surface area contributed by atoms with E-state index in [1.165, 1.54) is 24.3 Å². The molecule has 3 heterocycles. The minimum atomic E-state index is -1.21. The van der Waals surface area contributed by atoms with Gasteiger partial charge >= 0.3 is 5.97 Å². The Morgan fingerprint density at radius 1 is 1.10 bits per heavy atom. The maximum atomic E-state index is 14.9. The van der Waals surface area contributed by atoms with Crippen LogP contribution in [0.4, 0.5) is 13.2 Å². The molecule has 0 bridgehead atoms. The van der Waals surface area contributed by atoms with Gasteiger partial charge in [-0.1, -0.05) is 6.07 Å². The number of hydrogen-bond donors (Lipinski definition) is 1. The van der Waals surface area contributed by atoms with Gasteiger partial charge in [0.1, 0.15) is 23.8 Å². The summed E-state index contributed by atoms with van der Waals surface area (Å²) >= 11 is 0. The predicted molar refractivity (Wildman–Crippen MR) is 145 cm³/mol. The first-order chi connectivity index (χ1) is 20.3. The van der Waals surface area contributed by atoms with Crippen LogP contribution in [0.3, 0.4) is 0 Å². The molecule has 11 heteroatoms. The number of ether oxygens (including phenoxy) is 2. The Morgan fingerprint density at radius 3 is 2.64 bits per heavy atom. The molecule has 1 aromatic heterocycles. The van der Waals surface area contributed by atoms with Gasteiger partial charge in [-0.2, -0.15) is 5.26 Å². The molecule has 3 aromatic carbocycles. The average molecular weight is 577 g/mol. The normalized spacial score (nSPS) is 18.6. The zero-order chi connectivity index (χ0) is 29.4. The van der Waals surface area contributed by atoms with Crippen molar-refractivity contribution in [3.05, 3.63) is 94.1 Å². The van der Waals surface area contributed by atoms with Crippen LogP contribution >= 0.6 is 0 Å². The van der Waals surface area contributed by atoms with E-state index in [0.717, 1.165) is 37.1 Å². The van der Waals surface area contributed by atoms with Crippen molar-refractivity contribution in [2.45, 2.75) is 44.6 Å². The van der Waals surface area contributed by atoms with Crippen molar-refractivity contribution in [3.8, 4) is 11.8 Å². The topological polar surface area (TPSA) is 101 Å². The van der Waals surface area contributed by atoms with Gasteiger partial charge in [-0.05, 0) is 73.3 Å². The third kappa shape index (κ3) is 5.55. The molecule has 1 N–H and O–H groups in total. The molecule has 0 radical (unpaired) electrons. The second kappa shape index (κ2) is 11.5. The van der Waals surface area contributed by atoms with Crippen LogP contribution in [0.5, 0.6) is 5.75 Å². The van der Waals surface area contributed by atoms with E-state index in [4.69, 9.17) is 14.7 Å². The molecular weight excluding hydrogens is 549 g/mol. The van der Waals surface area contributed by atoms with Crippen LogP contribution in [0.2, 0.25) is 0 Å². The quantitative estimate of drug-likeness (QED) is 0.286. The zero-order valence-electron chi connectivity index (χ0n) is 22.5. The summed E-state index contributed by atoms with van der Waals surface area (Å²) in [6, 6.07) is 13.0. The second-order valence-electron chi connectivity index (χ2n) is 10.7. The fraction of sp³-hybridized carbons (Fsp3) is 0.323. The third-order valence-electron chi connectivity index (χ3n) is 7.94. The summed E-state index contributed by atoms with van der Waals surface area (Å²) in [6.45, 7) is 2.75. The monoisotopic (exact) mass is 576 g/mol. The van der Waals surface area contributed by atoms with Crippen LogP contribution in [-0.2, 0) is 24.4 Å². The minimum Gasteiger partial charge on any atom is -0.486 e. The van der Waals surface area contributed by atoms with Gasteiger partial charge in [0.05, 0.1) is 41.9 Å². The van der Waals surface area contributed by atoms with E-state index in [-0.39, 0.29) is 41.0 Å². The largest absolute Gasteiger partial charge is 0.486 e. The SMILES string of the molecule is N#Cc1ccc(OCc2cc(C3CCN(Cc4nc5c(F)cc(C(=O)O)cc5n4CC4CCO4)C3)ccc2F)c(F)c1. The van der Waals surface area contributed by atoms with Crippen molar-refractivity contribution in [2.24, 2.45) is 0 Å². The van der Waals surface area contributed by atoms with E-state index < -0.39 is 23.4 Å². The lowest BCUT2D eigenvalue weighted by molar-refractivity contribution is -0.0591. The highest BCUT2D eigenvalue weighted by atomic mass is 19.1. The molecular formula is C31H27F3N4O4. The van der Waals surface area contributed by atoms with E-state index in [2.05, 4.69) is 9.88 Å². The Hall–Kier alpha value is -4.40. The van der Waals surface area contributed by atoms with Gasteiger partial charge in [-0.3, -0.25) is 4.90 Å². The van der Waals surface area contributed by atoms with Crippen LogP contribution in [0.25, 0.3) is 11.0 Å². The van der Waals surface area contributed by atoms with E-state index in [1.807, 2.05) is 10.6 Å². The van der Waals surface area contributed by atoms with Gasteiger partial charge in [0.15, 0.2) is 17.4 Å². The molecule has 2 unspecified atom stereocenters. The maximum Gasteiger partial charge on any atom is 0.335 e. The van der Waals surface area contributed by atoms with Crippen LogP contribution < -0.4 is 4.74 Å². The first kappa shape index (κ1) is 27.8. The number of halogens is 3. The molecule has 0 amide bonds. The van der Waals surface area contributed by atoms with Crippen molar-refractivity contribution in [3.63, 3.8) is 0 Å². The second-order valence-corrected chi connectivity index (χ2v) is 10.7. The number of hydrogen-bond acceptors (Lipinski definition) is 6.